The summed E-state index contributed by atoms with van der Waals surface area (Å²) in [6.07, 6.45) is 1.33. The first-order chi connectivity index (χ1) is 12.9. The number of carbonyl (C=O) groups is 2. The van der Waals surface area contributed by atoms with Crippen molar-refractivity contribution < 1.29 is 22.2 Å². The fourth-order valence-corrected chi connectivity index (χ4v) is 3.58. The van der Waals surface area contributed by atoms with Gasteiger partial charge in [-0.05, 0) is 42.2 Å². The van der Waals surface area contributed by atoms with E-state index in [0.29, 0.717) is 24.1 Å². The van der Waals surface area contributed by atoms with Crippen LogP contribution in [0.4, 0.5) is 0 Å². The summed E-state index contributed by atoms with van der Waals surface area (Å²) < 4.78 is 29.1. The van der Waals surface area contributed by atoms with Gasteiger partial charge in [-0.15, -0.1) is 0 Å². The highest BCUT2D eigenvalue weighted by atomic mass is 32.2. The first-order valence-electron chi connectivity index (χ1n) is 8.63. The summed E-state index contributed by atoms with van der Waals surface area (Å²) >= 11 is 0. The van der Waals surface area contributed by atoms with Gasteiger partial charge in [-0.2, -0.15) is 8.42 Å². The van der Waals surface area contributed by atoms with E-state index in [1.807, 2.05) is 30.3 Å². The smallest absolute Gasteiger partial charge is 0.271 e. The second-order valence-corrected chi connectivity index (χ2v) is 7.78. The van der Waals surface area contributed by atoms with Crippen molar-refractivity contribution >= 4 is 22.3 Å². The quantitative estimate of drug-likeness (QED) is 0.383. The molecule has 0 spiro atoms. The van der Waals surface area contributed by atoms with Gasteiger partial charge in [0.15, 0.2) is 0 Å². The lowest BCUT2D eigenvalue weighted by Crippen LogP contribution is -2.23. The highest BCUT2D eigenvalue weighted by Crippen LogP contribution is 2.16. The lowest BCUT2D eigenvalue weighted by Gasteiger charge is -2.11. The van der Waals surface area contributed by atoms with Crippen LogP contribution in [0.5, 0.6) is 0 Å². The van der Waals surface area contributed by atoms with Crippen LogP contribution >= 0.6 is 0 Å². The Labute approximate surface area is 159 Å². The first-order valence-corrected chi connectivity index (χ1v) is 10.2. The molecule has 0 unspecified atom stereocenters. The average Bonchev–Trinajstić information content (AvgIpc) is 2.66. The summed E-state index contributed by atoms with van der Waals surface area (Å²) in [5.41, 5.74) is 2.64. The number of hydrogen-bond donors (Lipinski definition) is 1. The standard InChI is InChI=1S/C20H23NO5S/c1-16-9-10-18(20(23)21-14-17-7-3-2-4-8-17)13-19(16)15-27(24,25)26-12-6-5-11-22/h2-4,7-11,13H,5-6,12,14-15H2,1H3,(H,21,23). The summed E-state index contributed by atoms with van der Waals surface area (Å²) in [7, 11) is -3.78. The number of amides is 1. The van der Waals surface area contributed by atoms with Crippen LogP contribution < -0.4 is 5.32 Å². The Bertz CT molecular complexity index is 879. The molecule has 144 valence electrons. The molecule has 2 aromatic carbocycles. The molecule has 0 saturated heterocycles. The van der Waals surface area contributed by atoms with Gasteiger partial charge in [-0.3, -0.25) is 8.98 Å². The number of benzene rings is 2. The number of aryl methyl sites for hydroxylation is 1. The van der Waals surface area contributed by atoms with Crippen molar-refractivity contribution in [2.75, 3.05) is 6.61 Å². The molecule has 0 aliphatic carbocycles. The summed E-state index contributed by atoms with van der Waals surface area (Å²) in [5, 5.41) is 2.82. The van der Waals surface area contributed by atoms with E-state index in [4.69, 9.17) is 4.18 Å². The van der Waals surface area contributed by atoms with E-state index in [1.54, 1.807) is 25.1 Å². The molecule has 0 bridgehead atoms. The van der Waals surface area contributed by atoms with Gasteiger partial charge in [0.1, 0.15) is 12.0 Å². The molecule has 2 rings (SSSR count). The van der Waals surface area contributed by atoms with E-state index in [1.165, 1.54) is 0 Å². The molecule has 2 aromatic rings. The Morgan fingerprint density at radius 2 is 1.89 bits per heavy atom. The van der Waals surface area contributed by atoms with Crippen molar-refractivity contribution in [1.29, 1.82) is 0 Å². The molecule has 6 nitrogen and oxygen atoms in total. The molecule has 0 heterocycles. The fraction of sp³-hybridized carbons (Fsp3) is 0.300. The molecule has 27 heavy (non-hydrogen) atoms. The maximum absolute atomic E-state index is 12.4. The van der Waals surface area contributed by atoms with Gasteiger partial charge in [0.2, 0.25) is 0 Å². The van der Waals surface area contributed by atoms with Gasteiger partial charge < -0.3 is 10.1 Å². The molecule has 0 atom stereocenters. The number of nitrogens with one attached hydrogen (secondary N) is 1. The molecule has 0 aliphatic rings. The van der Waals surface area contributed by atoms with Gasteiger partial charge in [-0.25, -0.2) is 0 Å². The number of aldehydes is 1. The second kappa shape index (κ2) is 9.99. The van der Waals surface area contributed by atoms with Crippen LogP contribution in [0.3, 0.4) is 0 Å². The molecule has 0 saturated carbocycles. The molecule has 7 heteroatoms. The summed E-state index contributed by atoms with van der Waals surface area (Å²) in [4.78, 5) is 22.6. The molecule has 0 aliphatic heterocycles. The van der Waals surface area contributed by atoms with Crippen molar-refractivity contribution in [1.82, 2.24) is 5.32 Å². The Balaban J connectivity index is 2.02. The van der Waals surface area contributed by atoms with Crippen LogP contribution in [0, 0.1) is 6.92 Å². The summed E-state index contributed by atoms with van der Waals surface area (Å²) in [6.45, 7) is 2.14. The zero-order chi connectivity index (χ0) is 19.7. The maximum Gasteiger partial charge on any atom is 0.271 e. The summed E-state index contributed by atoms with van der Waals surface area (Å²) in [5.74, 6) is -0.593. The Hall–Kier alpha value is -2.51. The minimum Gasteiger partial charge on any atom is -0.348 e. The minimum absolute atomic E-state index is 0.0304. The van der Waals surface area contributed by atoms with E-state index in [2.05, 4.69) is 5.32 Å². The lowest BCUT2D eigenvalue weighted by molar-refractivity contribution is -0.108. The largest absolute Gasteiger partial charge is 0.348 e. The topological polar surface area (TPSA) is 89.5 Å². The average molecular weight is 389 g/mol. The fourth-order valence-electron chi connectivity index (χ4n) is 2.43. The Kier molecular flexibility index (Phi) is 7.69. The molecule has 0 radical (unpaired) electrons. The van der Waals surface area contributed by atoms with E-state index < -0.39 is 10.1 Å². The molecule has 0 fully saturated rings. The predicted molar refractivity (Wildman–Crippen MR) is 103 cm³/mol. The highest BCUT2D eigenvalue weighted by molar-refractivity contribution is 7.85. The number of carbonyl (C=O) groups excluding carboxylic acids is 2. The number of unbranched alkanes of at least 4 members (excludes halogenated alkanes) is 1. The maximum atomic E-state index is 12.4. The van der Waals surface area contributed by atoms with Crippen molar-refractivity contribution in [3.63, 3.8) is 0 Å². The third kappa shape index (κ3) is 6.96. The Morgan fingerprint density at radius 1 is 1.15 bits per heavy atom. The molecule has 1 N–H and O–H groups in total. The second-order valence-electron chi connectivity index (χ2n) is 6.14. The van der Waals surface area contributed by atoms with E-state index in [0.717, 1.165) is 17.4 Å². The minimum atomic E-state index is -3.78. The van der Waals surface area contributed by atoms with Crippen LogP contribution in [0.25, 0.3) is 0 Å². The lowest BCUT2D eigenvalue weighted by atomic mass is 10.1. The SMILES string of the molecule is Cc1ccc(C(=O)NCc2ccccc2)cc1CS(=O)(=O)OCCCC=O. The van der Waals surface area contributed by atoms with Crippen LogP contribution in [-0.4, -0.2) is 27.2 Å². The number of rotatable bonds is 10. The third-order valence-corrected chi connectivity index (χ3v) is 5.16. The van der Waals surface area contributed by atoms with Crippen LogP contribution in [0.15, 0.2) is 48.5 Å². The van der Waals surface area contributed by atoms with Crippen molar-refractivity contribution in [2.24, 2.45) is 0 Å². The van der Waals surface area contributed by atoms with Crippen molar-refractivity contribution in [2.45, 2.75) is 32.1 Å². The zero-order valence-electron chi connectivity index (χ0n) is 15.2. The molecule has 0 aromatic heterocycles. The predicted octanol–water partition coefficient (Wildman–Crippen LogP) is 2.75. The highest BCUT2D eigenvalue weighted by Gasteiger charge is 2.16. The molecular formula is C20H23NO5S. The van der Waals surface area contributed by atoms with Crippen molar-refractivity contribution in [3.8, 4) is 0 Å². The molecular weight excluding hydrogens is 366 g/mol. The van der Waals surface area contributed by atoms with Crippen LogP contribution in [0.2, 0.25) is 0 Å². The molecule has 1 amide bonds. The monoisotopic (exact) mass is 389 g/mol. The Morgan fingerprint density at radius 3 is 2.59 bits per heavy atom. The first kappa shape index (κ1) is 20.8. The van der Waals surface area contributed by atoms with Gasteiger partial charge in [0.25, 0.3) is 16.0 Å². The van der Waals surface area contributed by atoms with Gasteiger partial charge in [0, 0.05) is 18.5 Å². The van der Waals surface area contributed by atoms with Gasteiger partial charge in [-0.1, -0.05) is 36.4 Å². The third-order valence-electron chi connectivity index (χ3n) is 3.97. The van der Waals surface area contributed by atoms with E-state index in [-0.39, 0.29) is 24.7 Å². The summed E-state index contributed by atoms with van der Waals surface area (Å²) in [6, 6.07) is 14.5. The van der Waals surface area contributed by atoms with E-state index >= 15 is 0 Å². The van der Waals surface area contributed by atoms with Crippen LogP contribution in [0.1, 0.15) is 39.9 Å². The zero-order valence-corrected chi connectivity index (χ0v) is 16.0. The van der Waals surface area contributed by atoms with Crippen LogP contribution in [-0.2, 0) is 31.4 Å². The van der Waals surface area contributed by atoms with Gasteiger partial charge >= 0.3 is 0 Å². The van der Waals surface area contributed by atoms with E-state index in [9.17, 15) is 18.0 Å². The van der Waals surface area contributed by atoms with Gasteiger partial charge in [0.05, 0.1) is 6.61 Å². The van der Waals surface area contributed by atoms with Crippen molar-refractivity contribution in [3.05, 3.63) is 70.8 Å². The number of hydrogen-bond acceptors (Lipinski definition) is 5. The normalized spacial score (nSPS) is 11.1.